The third-order valence-electron chi connectivity index (χ3n) is 3.35. The molecule has 1 amide bonds. The summed E-state index contributed by atoms with van der Waals surface area (Å²) in [6.45, 7) is 2.23. The van der Waals surface area contributed by atoms with Gasteiger partial charge in [0.25, 0.3) is 5.91 Å². The Morgan fingerprint density at radius 1 is 1.32 bits per heavy atom. The van der Waals surface area contributed by atoms with Gasteiger partial charge in [-0.15, -0.1) is 0 Å². The number of allylic oxidation sites excluding steroid dienone is 2. The molecule has 1 aliphatic rings. The summed E-state index contributed by atoms with van der Waals surface area (Å²) in [5.41, 5.74) is 5.96. The number of aromatic nitrogens is 1. The van der Waals surface area contributed by atoms with Crippen LogP contribution in [0.25, 0.3) is 0 Å². The van der Waals surface area contributed by atoms with E-state index in [1.54, 1.807) is 56.7 Å². The summed E-state index contributed by atoms with van der Waals surface area (Å²) in [5.74, 6) is -0.189. The molecular formula is C19H20N2O4. The Morgan fingerprint density at radius 2 is 2.16 bits per heavy atom. The van der Waals surface area contributed by atoms with Crippen molar-refractivity contribution in [2.75, 3.05) is 25.2 Å². The fourth-order valence-corrected chi connectivity index (χ4v) is 2.22. The van der Waals surface area contributed by atoms with Crippen molar-refractivity contribution >= 4 is 17.7 Å². The fraction of sp³-hybridized carbons (Fsp3) is 0.316. The lowest BCUT2D eigenvalue weighted by Crippen LogP contribution is -2.35. The van der Waals surface area contributed by atoms with Crippen LogP contribution in [0.15, 0.2) is 59.7 Å². The van der Waals surface area contributed by atoms with Gasteiger partial charge in [0.15, 0.2) is 0 Å². The summed E-state index contributed by atoms with van der Waals surface area (Å²) >= 11 is 0. The van der Waals surface area contributed by atoms with Crippen LogP contribution in [0, 0.1) is 0 Å². The maximum atomic E-state index is 12.8. The normalized spacial score (nSPS) is 13.3. The molecule has 0 spiro atoms. The second-order valence-electron chi connectivity index (χ2n) is 5.37. The van der Waals surface area contributed by atoms with Crippen LogP contribution in [0.3, 0.4) is 0 Å². The van der Waals surface area contributed by atoms with Gasteiger partial charge in [0.2, 0.25) is 0 Å². The Hall–Kier alpha value is -2.91. The molecular weight excluding hydrogens is 320 g/mol. The number of anilines is 1. The summed E-state index contributed by atoms with van der Waals surface area (Å²) in [4.78, 5) is 30.4. The highest BCUT2D eigenvalue weighted by Gasteiger charge is 2.21. The number of rotatable bonds is 8. The van der Waals surface area contributed by atoms with E-state index in [1.807, 2.05) is 0 Å². The summed E-state index contributed by atoms with van der Waals surface area (Å²) in [7, 11) is 1.54. The van der Waals surface area contributed by atoms with E-state index in [0.29, 0.717) is 18.0 Å². The molecule has 130 valence electrons. The van der Waals surface area contributed by atoms with E-state index in [1.165, 1.54) is 4.90 Å². The predicted octanol–water partition coefficient (Wildman–Crippen LogP) is 2.19. The molecule has 2 rings (SSSR count). The highest BCUT2D eigenvalue weighted by atomic mass is 16.6. The number of amides is 1. The molecule has 0 radical (unpaired) electrons. The highest BCUT2D eigenvalue weighted by molar-refractivity contribution is 6.07. The van der Waals surface area contributed by atoms with E-state index in [2.05, 4.69) is 16.4 Å². The van der Waals surface area contributed by atoms with Crippen molar-refractivity contribution in [2.24, 2.45) is 0 Å². The Kier molecular flexibility index (Phi) is 6.93. The number of methoxy groups -OCH3 is 1. The fourth-order valence-electron chi connectivity index (χ4n) is 2.22. The van der Waals surface area contributed by atoms with E-state index in [9.17, 15) is 9.59 Å². The molecule has 1 heterocycles. The molecule has 1 aromatic heterocycles. The maximum Gasteiger partial charge on any atom is 0.307 e. The Bertz CT molecular complexity index is 742. The van der Waals surface area contributed by atoms with Crippen molar-refractivity contribution in [3.8, 4) is 0 Å². The van der Waals surface area contributed by atoms with Crippen LogP contribution in [-0.4, -0.2) is 43.2 Å². The summed E-state index contributed by atoms with van der Waals surface area (Å²) in [6.07, 6.45) is 6.13. The van der Waals surface area contributed by atoms with Crippen LogP contribution in [0.5, 0.6) is 0 Å². The van der Waals surface area contributed by atoms with Gasteiger partial charge in [0.05, 0.1) is 13.0 Å². The van der Waals surface area contributed by atoms with E-state index in [-0.39, 0.29) is 25.0 Å². The van der Waals surface area contributed by atoms with Crippen LogP contribution < -0.4 is 4.90 Å². The minimum atomic E-state index is -0.397. The zero-order valence-corrected chi connectivity index (χ0v) is 14.3. The average molecular weight is 340 g/mol. The second kappa shape index (κ2) is 9.40. The number of hydrogen-bond acceptors (Lipinski definition) is 5. The molecule has 6 heteroatoms. The lowest BCUT2D eigenvalue weighted by molar-refractivity contribution is -0.150. The van der Waals surface area contributed by atoms with Gasteiger partial charge in [-0.05, 0) is 31.2 Å². The molecule has 0 fully saturated rings. The smallest absolute Gasteiger partial charge is 0.307 e. The number of ether oxygens (including phenoxy) is 2. The summed E-state index contributed by atoms with van der Waals surface area (Å²) in [6, 6.07) is 5.26. The molecule has 0 saturated carbocycles. The van der Waals surface area contributed by atoms with Gasteiger partial charge in [-0.25, -0.2) is 4.98 Å². The molecule has 0 aliphatic heterocycles. The van der Waals surface area contributed by atoms with Crippen molar-refractivity contribution in [3.05, 3.63) is 59.7 Å². The van der Waals surface area contributed by atoms with E-state index in [0.717, 1.165) is 0 Å². The largest absolute Gasteiger partial charge is 0.460 e. The van der Waals surface area contributed by atoms with E-state index in [4.69, 9.17) is 9.47 Å². The van der Waals surface area contributed by atoms with Gasteiger partial charge in [0.1, 0.15) is 11.9 Å². The maximum absolute atomic E-state index is 12.8. The van der Waals surface area contributed by atoms with Gasteiger partial charge in [-0.3, -0.25) is 14.5 Å². The second-order valence-corrected chi connectivity index (χ2v) is 5.37. The Balaban J connectivity index is 2.07. The van der Waals surface area contributed by atoms with Crippen LogP contribution in [0.2, 0.25) is 0 Å². The van der Waals surface area contributed by atoms with Gasteiger partial charge in [-0.2, -0.15) is 0 Å². The van der Waals surface area contributed by atoms with E-state index >= 15 is 0 Å². The van der Waals surface area contributed by atoms with Crippen LogP contribution in [-0.2, 0) is 19.1 Å². The monoisotopic (exact) mass is 340 g/mol. The first kappa shape index (κ1) is 18.4. The molecule has 1 atom stereocenters. The predicted molar refractivity (Wildman–Crippen MR) is 92.9 cm³/mol. The topological polar surface area (TPSA) is 68.7 Å². The number of esters is 1. The molecule has 1 aliphatic carbocycles. The van der Waals surface area contributed by atoms with Crippen molar-refractivity contribution in [2.45, 2.75) is 19.4 Å². The van der Waals surface area contributed by atoms with E-state index < -0.39 is 5.97 Å². The lowest BCUT2D eigenvalue weighted by Gasteiger charge is -2.22. The standard InChI is InChI=1S/C19H20N2O4/c1-15(14-24-2)25-18(22)11-13-21(17-10-6-7-12-20-17)19(23)16-8-4-3-5-9-16/h4,6-10,12,15H,11,13-14H2,1-2H3/t15-/m0/s1. The third-order valence-corrected chi connectivity index (χ3v) is 3.35. The molecule has 0 N–H and O–H groups in total. The highest BCUT2D eigenvalue weighted by Crippen LogP contribution is 2.15. The molecule has 1 aromatic rings. The first-order valence-corrected chi connectivity index (χ1v) is 7.91. The number of pyridine rings is 1. The third kappa shape index (κ3) is 5.59. The molecule has 0 bridgehead atoms. The number of carbonyl (C=O) groups is 2. The lowest BCUT2D eigenvalue weighted by atomic mass is 10.1. The van der Waals surface area contributed by atoms with Gasteiger partial charge >= 0.3 is 5.97 Å². The number of nitrogens with zero attached hydrogens (tertiary/aromatic N) is 2. The molecule has 0 unspecified atom stereocenters. The number of hydrogen-bond donors (Lipinski definition) is 0. The van der Waals surface area contributed by atoms with Gasteiger partial charge in [0, 0.05) is 31.5 Å². The summed E-state index contributed by atoms with van der Waals surface area (Å²) < 4.78 is 10.2. The van der Waals surface area contributed by atoms with Crippen molar-refractivity contribution in [3.63, 3.8) is 0 Å². The molecule has 25 heavy (non-hydrogen) atoms. The SMILES string of the molecule is COC[C@H](C)OC(=O)CCN(C(=O)C1=CC=C=C=C1)c1ccccn1. The Labute approximate surface area is 146 Å². The van der Waals surface area contributed by atoms with Gasteiger partial charge in [-0.1, -0.05) is 17.5 Å². The number of carbonyl (C=O) groups excluding carboxylic acids is 2. The molecule has 0 aromatic carbocycles. The van der Waals surface area contributed by atoms with Crippen LogP contribution in [0.1, 0.15) is 13.3 Å². The molecule has 0 saturated heterocycles. The van der Waals surface area contributed by atoms with Crippen LogP contribution >= 0.6 is 0 Å². The van der Waals surface area contributed by atoms with Crippen molar-refractivity contribution in [1.29, 1.82) is 0 Å². The minimum absolute atomic E-state index is 0.0546. The summed E-state index contributed by atoms with van der Waals surface area (Å²) in [5, 5.41) is 0. The molecule has 6 nitrogen and oxygen atoms in total. The zero-order chi connectivity index (χ0) is 18.1. The van der Waals surface area contributed by atoms with Crippen molar-refractivity contribution < 1.29 is 19.1 Å². The van der Waals surface area contributed by atoms with Crippen molar-refractivity contribution in [1.82, 2.24) is 4.98 Å². The van der Waals surface area contributed by atoms with Gasteiger partial charge < -0.3 is 9.47 Å². The first-order chi connectivity index (χ1) is 12.1. The Morgan fingerprint density at radius 3 is 2.80 bits per heavy atom. The zero-order valence-electron chi connectivity index (χ0n) is 14.3. The first-order valence-electron chi connectivity index (χ1n) is 7.91. The van der Waals surface area contributed by atoms with Crippen LogP contribution in [0.4, 0.5) is 5.82 Å². The average Bonchev–Trinajstić information content (AvgIpc) is 2.63. The quantitative estimate of drug-likeness (QED) is 0.536. The minimum Gasteiger partial charge on any atom is -0.460 e.